The number of benzene rings is 2. The highest BCUT2D eigenvalue weighted by Crippen LogP contribution is 2.30. The first kappa shape index (κ1) is 13.0. The average molecular weight is 290 g/mol. The van der Waals surface area contributed by atoms with Crippen molar-refractivity contribution >= 4 is 27.5 Å². The number of fused-ring (bicyclic) bond motifs is 2. The number of aromatic amines is 1. The van der Waals surface area contributed by atoms with Crippen LogP contribution in [0.5, 0.6) is 0 Å². The van der Waals surface area contributed by atoms with E-state index in [1.165, 1.54) is 10.9 Å². The summed E-state index contributed by atoms with van der Waals surface area (Å²) in [6.45, 7) is 2.10. The van der Waals surface area contributed by atoms with Crippen LogP contribution >= 0.6 is 0 Å². The first-order chi connectivity index (χ1) is 10.8. The van der Waals surface area contributed by atoms with E-state index in [4.69, 9.17) is 4.98 Å². The largest absolute Gasteiger partial charge is 0.360 e. The Morgan fingerprint density at radius 2 is 1.86 bits per heavy atom. The maximum absolute atomic E-state index is 9.30. The fourth-order valence-corrected chi connectivity index (χ4v) is 2.96. The molecule has 0 saturated carbocycles. The summed E-state index contributed by atoms with van der Waals surface area (Å²) in [6.07, 6.45) is 2.01. The Balaban J connectivity index is 1.95. The van der Waals surface area contributed by atoms with Gasteiger partial charge in [0.15, 0.2) is 5.69 Å². The summed E-state index contributed by atoms with van der Waals surface area (Å²) in [7, 11) is 0. The minimum atomic E-state index is 0.784. The highest BCUT2D eigenvalue weighted by Gasteiger charge is 2.11. The second-order valence-electron chi connectivity index (χ2n) is 5.44. The van der Waals surface area contributed by atoms with Crippen LogP contribution in [-0.4, -0.2) is 15.2 Å². The molecule has 2 aromatic carbocycles. The van der Waals surface area contributed by atoms with Gasteiger partial charge < -0.3 is 4.98 Å². The van der Waals surface area contributed by atoms with Gasteiger partial charge in [0.05, 0.1) is 16.6 Å². The molecule has 22 heavy (non-hydrogen) atoms. The molecule has 0 radical (unpaired) electrons. The number of nitrogens with two attached hydrogens (primary N) is 1. The average Bonchev–Trinajstić information content (AvgIpc) is 2.99. The van der Waals surface area contributed by atoms with E-state index < -0.39 is 0 Å². The number of quaternary nitrogens is 1. The Hall–Kier alpha value is -2.69. The van der Waals surface area contributed by atoms with E-state index in [9.17, 15) is 5.21 Å². The summed E-state index contributed by atoms with van der Waals surface area (Å²) in [5, 5.41) is 11.4. The second kappa shape index (κ2) is 4.94. The molecular formula is C18H16N3O+. The van der Waals surface area contributed by atoms with Crippen LogP contribution in [0, 0.1) is 6.92 Å². The maximum Gasteiger partial charge on any atom is 0.171 e. The lowest BCUT2D eigenvalue weighted by Crippen LogP contribution is -2.73. The molecule has 4 aromatic rings. The Labute approximate surface area is 127 Å². The van der Waals surface area contributed by atoms with Crippen LogP contribution in [0.2, 0.25) is 0 Å². The number of rotatable bonds is 2. The Morgan fingerprint density at radius 1 is 1.00 bits per heavy atom. The summed E-state index contributed by atoms with van der Waals surface area (Å²) in [4.78, 5) is 8.09. The molecule has 0 aliphatic rings. The molecule has 108 valence electrons. The monoisotopic (exact) mass is 290 g/mol. The van der Waals surface area contributed by atoms with Crippen LogP contribution in [0.1, 0.15) is 5.56 Å². The van der Waals surface area contributed by atoms with Gasteiger partial charge in [0.1, 0.15) is 0 Å². The van der Waals surface area contributed by atoms with Crippen molar-refractivity contribution in [3.63, 3.8) is 0 Å². The molecule has 0 bridgehead atoms. The zero-order chi connectivity index (χ0) is 15.1. The number of H-pyrrole nitrogens is 1. The van der Waals surface area contributed by atoms with Gasteiger partial charge >= 0.3 is 0 Å². The van der Waals surface area contributed by atoms with Crippen LogP contribution in [0.15, 0.2) is 54.7 Å². The number of hydrogen-bond donors (Lipinski definition) is 3. The molecule has 0 aliphatic heterocycles. The van der Waals surface area contributed by atoms with Gasteiger partial charge in [-0.05, 0) is 30.7 Å². The van der Waals surface area contributed by atoms with Gasteiger partial charge in [-0.25, -0.2) is 10.2 Å². The second-order valence-corrected chi connectivity index (χ2v) is 5.44. The normalized spacial score (nSPS) is 11.4. The molecule has 4 heteroatoms. The van der Waals surface area contributed by atoms with Crippen molar-refractivity contribution < 1.29 is 10.7 Å². The molecule has 4 nitrogen and oxygen atoms in total. The van der Waals surface area contributed by atoms with Crippen molar-refractivity contribution in [2.24, 2.45) is 0 Å². The lowest BCUT2D eigenvalue weighted by atomic mass is 10.1. The van der Waals surface area contributed by atoms with Crippen LogP contribution in [-0.2, 0) is 0 Å². The molecule has 0 aliphatic carbocycles. The fraction of sp³-hybridized carbons (Fsp3) is 0.0556. The van der Waals surface area contributed by atoms with Crippen LogP contribution < -0.4 is 5.48 Å². The van der Waals surface area contributed by atoms with Crippen LogP contribution in [0.3, 0.4) is 0 Å². The Kier molecular flexibility index (Phi) is 2.92. The van der Waals surface area contributed by atoms with Gasteiger partial charge in [0.2, 0.25) is 0 Å². The van der Waals surface area contributed by atoms with Gasteiger partial charge in [-0.2, -0.15) is 5.48 Å². The smallest absolute Gasteiger partial charge is 0.171 e. The first-order valence-corrected chi connectivity index (χ1v) is 7.22. The number of aromatic nitrogens is 2. The summed E-state index contributed by atoms with van der Waals surface area (Å²) in [6, 6.07) is 16.0. The van der Waals surface area contributed by atoms with E-state index in [1.54, 1.807) is 0 Å². The third-order valence-corrected chi connectivity index (χ3v) is 4.10. The summed E-state index contributed by atoms with van der Waals surface area (Å²) in [5.41, 5.74) is 7.18. The van der Waals surface area contributed by atoms with E-state index in [1.807, 2.05) is 36.5 Å². The van der Waals surface area contributed by atoms with Gasteiger partial charge in [0.25, 0.3) is 0 Å². The lowest BCUT2D eigenvalue weighted by Gasteiger charge is -2.04. The van der Waals surface area contributed by atoms with Crippen LogP contribution in [0.4, 0.5) is 5.69 Å². The highest BCUT2D eigenvalue weighted by molar-refractivity contribution is 5.98. The molecule has 4 rings (SSSR count). The van der Waals surface area contributed by atoms with Crippen LogP contribution in [0.25, 0.3) is 33.1 Å². The minimum absolute atomic E-state index is 0.784. The predicted octanol–water partition coefficient (Wildman–Crippen LogP) is 3.28. The molecular weight excluding hydrogens is 274 g/mol. The van der Waals surface area contributed by atoms with Gasteiger partial charge in [-0.15, -0.1) is 0 Å². The third kappa shape index (κ3) is 1.89. The summed E-state index contributed by atoms with van der Waals surface area (Å²) in [5.74, 6) is 0. The topological polar surface area (TPSA) is 65.5 Å². The minimum Gasteiger partial charge on any atom is -0.360 e. The van der Waals surface area contributed by atoms with Crippen molar-refractivity contribution in [3.8, 4) is 11.3 Å². The first-order valence-electron chi connectivity index (χ1n) is 7.22. The number of hydrogen-bond acceptors (Lipinski definition) is 2. The van der Waals surface area contributed by atoms with E-state index >= 15 is 0 Å². The zero-order valence-corrected chi connectivity index (χ0v) is 12.2. The van der Waals surface area contributed by atoms with Crippen molar-refractivity contribution in [1.29, 1.82) is 0 Å². The number of aryl methyl sites for hydroxylation is 1. The quantitative estimate of drug-likeness (QED) is 0.392. The number of nitrogens with one attached hydrogen (secondary N) is 1. The maximum atomic E-state index is 9.30. The molecule has 0 saturated heterocycles. The molecule has 2 heterocycles. The lowest BCUT2D eigenvalue weighted by molar-refractivity contribution is -0.824. The molecule has 0 spiro atoms. The summed E-state index contributed by atoms with van der Waals surface area (Å²) >= 11 is 0. The van der Waals surface area contributed by atoms with E-state index in [2.05, 4.69) is 30.1 Å². The van der Waals surface area contributed by atoms with Gasteiger partial charge in [0, 0.05) is 28.7 Å². The molecule has 2 aromatic heterocycles. The van der Waals surface area contributed by atoms with E-state index in [0.29, 0.717) is 0 Å². The fourth-order valence-electron chi connectivity index (χ4n) is 2.96. The molecule has 0 atom stereocenters. The molecule has 0 fully saturated rings. The number of nitrogens with zero attached hydrogens (tertiary/aromatic N) is 1. The molecule has 4 N–H and O–H groups in total. The third-order valence-electron chi connectivity index (χ3n) is 4.10. The summed E-state index contributed by atoms with van der Waals surface area (Å²) < 4.78 is 0. The SMILES string of the molecule is Cc1cccc2c(-c3ccc4c([NH2+]O)cccc4n3)c[nH]c12. The van der Waals surface area contributed by atoms with E-state index in [0.717, 1.165) is 38.8 Å². The molecule has 0 amide bonds. The standard InChI is InChI=1S/C18H15N3O/c1-11-4-2-5-12-14(10-19-18(11)12)16-9-8-13-15(20-16)6-3-7-17(13)21-22/h2-10,19,21-22H,1H3/p+1. The van der Waals surface area contributed by atoms with Gasteiger partial charge in [-0.3, -0.25) is 0 Å². The van der Waals surface area contributed by atoms with Gasteiger partial charge in [-0.1, -0.05) is 24.3 Å². The zero-order valence-electron chi connectivity index (χ0n) is 12.2. The van der Waals surface area contributed by atoms with Crippen molar-refractivity contribution in [1.82, 2.24) is 9.97 Å². The van der Waals surface area contributed by atoms with E-state index in [-0.39, 0.29) is 0 Å². The highest BCUT2D eigenvalue weighted by atomic mass is 16.5. The van der Waals surface area contributed by atoms with Crippen molar-refractivity contribution in [2.45, 2.75) is 6.92 Å². The molecule has 0 unspecified atom stereocenters. The predicted molar refractivity (Wildman–Crippen MR) is 87.1 cm³/mol. The number of para-hydroxylation sites is 1. The van der Waals surface area contributed by atoms with Crippen molar-refractivity contribution in [3.05, 3.63) is 60.3 Å². The Morgan fingerprint density at radius 3 is 2.73 bits per heavy atom. The Bertz CT molecular complexity index is 988. The van der Waals surface area contributed by atoms with Crippen molar-refractivity contribution in [2.75, 3.05) is 0 Å². The number of pyridine rings is 1.